The molecule has 224 valence electrons. The highest BCUT2D eigenvalue weighted by Gasteiger charge is 2.68. The molecule has 8 rings (SSSR count). The first kappa shape index (κ1) is 28.7. The zero-order valence-corrected chi connectivity index (χ0v) is 25.0. The first-order valence-electron chi connectivity index (χ1n) is 13.9. The van der Waals surface area contributed by atoms with E-state index >= 15 is 0 Å². The van der Waals surface area contributed by atoms with Crippen LogP contribution in [0.15, 0.2) is 90.0 Å². The number of rotatable bonds is 6. The molecule has 0 unspecified atom stereocenters. The zero-order chi connectivity index (χ0) is 31.6. The Labute approximate surface area is 266 Å². The van der Waals surface area contributed by atoms with E-state index in [1.807, 2.05) is 48.5 Å². The number of nitrogens with one attached hydrogen (secondary N) is 1. The summed E-state index contributed by atoms with van der Waals surface area (Å²) in [4.78, 5) is 54.0. The molecule has 4 aliphatic rings. The Morgan fingerprint density at radius 3 is 2.27 bits per heavy atom. The smallest absolute Gasteiger partial charge is 0.273 e. The van der Waals surface area contributed by atoms with Crippen molar-refractivity contribution in [1.82, 2.24) is 5.43 Å². The largest absolute Gasteiger partial charge is 0.494 e. The fourth-order valence-electron chi connectivity index (χ4n) is 7.18. The van der Waals surface area contributed by atoms with Gasteiger partial charge in [-0.1, -0.05) is 71.7 Å². The van der Waals surface area contributed by atoms with Gasteiger partial charge in [-0.3, -0.25) is 24.5 Å². The van der Waals surface area contributed by atoms with E-state index in [0.717, 1.165) is 27.2 Å². The second kappa shape index (κ2) is 10.5. The third-order valence-electron chi connectivity index (χ3n) is 8.91. The van der Waals surface area contributed by atoms with E-state index in [0.29, 0.717) is 5.02 Å². The van der Waals surface area contributed by atoms with Gasteiger partial charge in [0, 0.05) is 23.2 Å². The highest BCUT2D eigenvalue weighted by atomic mass is 35.5. The Hall–Kier alpha value is -5.06. The summed E-state index contributed by atoms with van der Waals surface area (Å²) in [5, 5.41) is 16.3. The topological polar surface area (TPSA) is 131 Å². The van der Waals surface area contributed by atoms with Gasteiger partial charge < -0.3 is 4.74 Å². The molecule has 1 aliphatic heterocycles. The number of hydrogen-bond acceptors (Lipinski definition) is 7. The Morgan fingerprint density at radius 2 is 1.64 bits per heavy atom. The van der Waals surface area contributed by atoms with E-state index in [-0.39, 0.29) is 27.7 Å². The molecule has 2 bridgehead atoms. The molecule has 3 aliphatic carbocycles. The van der Waals surface area contributed by atoms with Crippen molar-refractivity contribution in [2.45, 2.75) is 11.3 Å². The second-order valence-corrected chi connectivity index (χ2v) is 11.8. The number of carbonyl (C=O) groups is 3. The number of non-ortho nitro benzene ring substituents is 1. The molecule has 0 aromatic heterocycles. The van der Waals surface area contributed by atoms with Gasteiger partial charge in [0.25, 0.3) is 11.6 Å². The number of carbonyl (C=O) groups excluding carboxylic acids is 3. The van der Waals surface area contributed by atoms with Crippen LogP contribution in [0.4, 0.5) is 11.4 Å². The van der Waals surface area contributed by atoms with Crippen molar-refractivity contribution in [2.75, 3.05) is 12.0 Å². The maximum atomic E-state index is 14.6. The Kier molecular flexibility index (Phi) is 6.72. The van der Waals surface area contributed by atoms with Crippen molar-refractivity contribution in [3.8, 4) is 5.75 Å². The molecule has 4 aromatic carbocycles. The SMILES string of the molecule is COc1cc([N+](=O)[O-])ccc1N1C(=O)[C@@H]2C3c4ccccc4C(/C=N\NC(=O)c4ccc(Cl)cc4Cl)(c4ccccc43)[C@H]2C1=O. The van der Waals surface area contributed by atoms with Gasteiger partial charge >= 0.3 is 0 Å². The van der Waals surface area contributed by atoms with E-state index in [2.05, 4.69) is 10.5 Å². The molecule has 3 amide bonds. The molecule has 12 heteroatoms. The van der Waals surface area contributed by atoms with Crippen molar-refractivity contribution in [1.29, 1.82) is 0 Å². The number of nitro benzene ring substituents is 1. The first-order chi connectivity index (χ1) is 21.7. The van der Waals surface area contributed by atoms with E-state index in [1.54, 1.807) is 0 Å². The summed E-state index contributed by atoms with van der Waals surface area (Å²) >= 11 is 12.2. The van der Waals surface area contributed by atoms with Crippen LogP contribution < -0.4 is 15.1 Å². The molecule has 1 saturated heterocycles. The van der Waals surface area contributed by atoms with Crippen LogP contribution in [-0.2, 0) is 15.0 Å². The zero-order valence-electron chi connectivity index (χ0n) is 23.4. The van der Waals surface area contributed by atoms with E-state index in [1.165, 1.54) is 49.7 Å². The van der Waals surface area contributed by atoms with Gasteiger partial charge in [0.15, 0.2) is 0 Å². The van der Waals surface area contributed by atoms with Gasteiger partial charge in [0.1, 0.15) is 5.75 Å². The average Bonchev–Trinajstić information content (AvgIpc) is 3.31. The number of nitrogens with zero attached hydrogens (tertiary/aromatic N) is 3. The van der Waals surface area contributed by atoms with Gasteiger partial charge in [-0.25, -0.2) is 10.3 Å². The van der Waals surface area contributed by atoms with Crippen molar-refractivity contribution in [3.63, 3.8) is 0 Å². The average molecular weight is 641 g/mol. The molecule has 10 nitrogen and oxygen atoms in total. The Bertz CT molecular complexity index is 1950. The van der Waals surface area contributed by atoms with Crippen molar-refractivity contribution >= 4 is 58.5 Å². The highest BCUT2D eigenvalue weighted by molar-refractivity contribution is 6.36. The van der Waals surface area contributed by atoms with Crippen LogP contribution in [0.25, 0.3) is 0 Å². The van der Waals surface area contributed by atoms with Crippen LogP contribution >= 0.6 is 23.2 Å². The molecular weight excluding hydrogens is 619 g/mol. The third-order valence-corrected chi connectivity index (χ3v) is 9.46. The van der Waals surface area contributed by atoms with Gasteiger partial charge in [0.2, 0.25) is 11.8 Å². The van der Waals surface area contributed by atoms with Crippen LogP contribution in [0.2, 0.25) is 10.0 Å². The molecular formula is C33H22Cl2N4O6. The van der Waals surface area contributed by atoms with E-state index < -0.39 is 45.8 Å². The van der Waals surface area contributed by atoms with Crippen LogP contribution in [0.1, 0.15) is 38.5 Å². The molecule has 1 N–H and O–H groups in total. The van der Waals surface area contributed by atoms with Crippen LogP contribution in [0.5, 0.6) is 5.75 Å². The lowest BCUT2D eigenvalue weighted by Crippen LogP contribution is -2.54. The number of anilines is 1. The second-order valence-electron chi connectivity index (χ2n) is 11.0. The Balaban J connectivity index is 1.39. The lowest BCUT2D eigenvalue weighted by Gasteiger charge is -2.52. The summed E-state index contributed by atoms with van der Waals surface area (Å²) in [5.74, 6) is -3.74. The molecule has 0 radical (unpaired) electrons. The number of hydrogen-bond donors (Lipinski definition) is 1. The number of amides is 3. The van der Waals surface area contributed by atoms with Crippen LogP contribution in [-0.4, -0.2) is 36.0 Å². The number of ether oxygens (including phenoxy) is 1. The summed E-state index contributed by atoms with van der Waals surface area (Å²) < 4.78 is 5.42. The fourth-order valence-corrected chi connectivity index (χ4v) is 7.67. The monoisotopic (exact) mass is 640 g/mol. The summed E-state index contributed by atoms with van der Waals surface area (Å²) in [6.07, 6.45) is 1.53. The molecule has 1 fully saturated rings. The minimum atomic E-state index is -1.25. The molecule has 1 heterocycles. The first-order valence-corrected chi connectivity index (χ1v) is 14.6. The fraction of sp³-hybridized carbons (Fsp3) is 0.152. The number of benzene rings is 4. The lowest BCUT2D eigenvalue weighted by molar-refractivity contribution is -0.384. The van der Waals surface area contributed by atoms with E-state index in [9.17, 15) is 24.5 Å². The minimum absolute atomic E-state index is 0.0155. The maximum absolute atomic E-state index is 14.6. The quantitative estimate of drug-likeness (QED) is 0.121. The number of imide groups is 1. The van der Waals surface area contributed by atoms with E-state index in [4.69, 9.17) is 27.9 Å². The van der Waals surface area contributed by atoms with Crippen LogP contribution in [0, 0.1) is 22.0 Å². The summed E-state index contributed by atoms with van der Waals surface area (Å²) in [6, 6.07) is 23.4. The number of hydrazone groups is 1. The van der Waals surface area contributed by atoms with Crippen molar-refractivity contribution in [2.24, 2.45) is 16.9 Å². The van der Waals surface area contributed by atoms with Gasteiger partial charge in [-0.15, -0.1) is 0 Å². The number of nitro groups is 1. The normalized spacial score (nSPS) is 22.6. The Morgan fingerprint density at radius 1 is 0.978 bits per heavy atom. The standard InChI is InChI=1S/C33H22Cl2N4O6/c1-45-26-15-18(39(43)44)11-13-25(26)38-31(41)28-27-19-6-2-4-8-22(19)33(29(28)32(38)42,23-9-5-3-7-20(23)27)16-36-37-30(40)21-12-10-17(34)14-24(21)35/h2-16,27-29H,1H3,(H,37,40)/b36-16-/t27?,28-,29-,33?/m1/s1. The molecule has 0 spiro atoms. The number of methoxy groups -OCH3 is 1. The van der Waals surface area contributed by atoms with Crippen molar-refractivity contribution < 1.29 is 24.0 Å². The summed E-state index contributed by atoms with van der Waals surface area (Å²) in [7, 11) is 1.32. The number of halogens is 2. The maximum Gasteiger partial charge on any atom is 0.273 e. The minimum Gasteiger partial charge on any atom is -0.494 e. The molecule has 0 saturated carbocycles. The molecule has 4 aromatic rings. The predicted molar refractivity (Wildman–Crippen MR) is 167 cm³/mol. The molecule has 45 heavy (non-hydrogen) atoms. The van der Waals surface area contributed by atoms with Gasteiger partial charge in [-0.2, -0.15) is 5.10 Å². The lowest BCUT2D eigenvalue weighted by atomic mass is 9.47. The molecule has 2 atom stereocenters. The van der Waals surface area contributed by atoms with Crippen molar-refractivity contribution in [3.05, 3.63) is 133 Å². The highest BCUT2D eigenvalue weighted by Crippen LogP contribution is 2.64. The van der Waals surface area contributed by atoms with Gasteiger partial charge in [-0.05, 0) is 46.5 Å². The van der Waals surface area contributed by atoms with Gasteiger partial charge in [0.05, 0.1) is 51.6 Å². The summed E-state index contributed by atoms with van der Waals surface area (Å²) in [6.45, 7) is 0. The third kappa shape index (κ3) is 4.09. The summed E-state index contributed by atoms with van der Waals surface area (Å²) in [5.41, 5.74) is 4.63. The van der Waals surface area contributed by atoms with Crippen LogP contribution in [0.3, 0.4) is 0 Å². The predicted octanol–water partition coefficient (Wildman–Crippen LogP) is 5.88.